The molecular weight excluding hydrogens is 270 g/mol. The first-order chi connectivity index (χ1) is 8.63. The summed E-state index contributed by atoms with van der Waals surface area (Å²) in [6.45, 7) is 2.68. The number of nitrogens with zero attached hydrogens (tertiary/aromatic N) is 2. The van der Waals surface area contributed by atoms with E-state index in [2.05, 4.69) is 15.3 Å². The molecule has 0 aliphatic carbocycles. The number of rotatable bonds is 6. The lowest BCUT2D eigenvalue weighted by Crippen LogP contribution is -2.00. The summed E-state index contributed by atoms with van der Waals surface area (Å²) >= 11 is 3.14. The van der Waals surface area contributed by atoms with Crippen molar-refractivity contribution >= 4 is 33.8 Å². The van der Waals surface area contributed by atoms with Crippen LogP contribution in [0.1, 0.15) is 22.0 Å². The number of nitrogens with one attached hydrogen (secondary N) is 1. The molecule has 0 unspecified atom stereocenters. The largest absolute Gasteiger partial charge is 0.481 e. The summed E-state index contributed by atoms with van der Waals surface area (Å²) in [6, 6.07) is 0. The monoisotopic (exact) mass is 283 g/mol. The molecule has 18 heavy (non-hydrogen) atoms. The van der Waals surface area contributed by atoms with Gasteiger partial charge >= 0.3 is 5.97 Å². The van der Waals surface area contributed by atoms with Gasteiger partial charge in [0.1, 0.15) is 5.01 Å². The van der Waals surface area contributed by atoms with Crippen molar-refractivity contribution in [2.24, 2.45) is 0 Å². The number of aliphatic carboxylic acids is 1. The molecule has 0 amide bonds. The molecule has 0 fully saturated rings. The third-order valence-corrected chi connectivity index (χ3v) is 3.97. The second-order valence-electron chi connectivity index (χ2n) is 3.76. The zero-order chi connectivity index (χ0) is 13.0. The van der Waals surface area contributed by atoms with Crippen LogP contribution in [0.5, 0.6) is 0 Å². The maximum absolute atomic E-state index is 10.4. The van der Waals surface area contributed by atoms with Crippen LogP contribution in [-0.4, -0.2) is 21.0 Å². The van der Waals surface area contributed by atoms with Crippen LogP contribution in [0.15, 0.2) is 11.6 Å². The molecule has 0 spiro atoms. The molecule has 0 bridgehead atoms. The van der Waals surface area contributed by atoms with Gasteiger partial charge in [0.05, 0.1) is 18.7 Å². The van der Waals surface area contributed by atoms with Crippen LogP contribution in [-0.2, 0) is 17.8 Å². The second-order valence-corrected chi connectivity index (χ2v) is 5.93. The zero-order valence-corrected chi connectivity index (χ0v) is 11.5. The number of carbonyl (C=O) groups is 1. The van der Waals surface area contributed by atoms with E-state index in [1.807, 2.05) is 18.5 Å². The highest BCUT2D eigenvalue weighted by Crippen LogP contribution is 2.18. The maximum atomic E-state index is 10.4. The van der Waals surface area contributed by atoms with Gasteiger partial charge in [0, 0.05) is 22.9 Å². The minimum atomic E-state index is -0.796. The predicted molar refractivity (Wildman–Crippen MR) is 72.2 cm³/mol. The quantitative estimate of drug-likeness (QED) is 0.852. The molecule has 0 aliphatic rings. The molecule has 0 aromatic carbocycles. The highest BCUT2D eigenvalue weighted by atomic mass is 32.1. The Bertz CT molecular complexity index is 536. The topological polar surface area (TPSA) is 75.1 Å². The minimum absolute atomic E-state index is 0.120. The lowest BCUT2D eigenvalue weighted by atomic mass is 10.2. The molecule has 2 rings (SSSR count). The van der Waals surface area contributed by atoms with Gasteiger partial charge in [0.15, 0.2) is 5.13 Å². The molecule has 2 aromatic rings. The van der Waals surface area contributed by atoms with Crippen molar-refractivity contribution in [1.82, 2.24) is 9.97 Å². The van der Waals surface area contributed by atoms with Crippen molar-refractivity contribution in [2.75, 3.05) is 5.32 Å². The molecule has 0 saturated heterocycles. The van der Waals surface area contributed by atoms with Gasteiger partial charge in [-0.2, -0.15) is 0 Å². The fraction of sp³-hybridized carbons (Fsp3) is 0.364. The van der Waals surface area contributed by atoms with Crippen LogP contribution in [0, 0.1) is 6.92 Å². The average molecular weight is 283 g/mol. The summed E-state index contributed by atoms with van der Waals surface area (Å²) in [6.07, 6.45) is 2.44. The number of carboxylic acids is 1. The van der Waals surface area contributed by atoms with Crippen LogP contribution >= 0.6 is 22.7 Å². The number of hydrogen-bond acceptors (Lipinski definition) is 6. The van der Waals surface area contributed by atoms with Crippen molar-refractivity contribution in [3.63, 3.8) is 0 Å². The Hall–Kier alpha value is -1.47. The number of anilines is 1. The van der Waals surface area contributed by atoms with Crippen LogP contribution in [0.25, 0.3) is 0 Å². The Balaban J connectivity index is 1.84. The van der Waals surface area contributed by atoms with Crippen molar-refractivity contribution in [3.05, 3.63) is 27.2 Å². The number of hydrogen-bond donors (Lipinski definition) is 2. The van der Waals surface area contributed by atoms with Crippen molar-refractivity contribution in [1.29, 1.82) is 0 Å². The molecule has 2 aromatic heterocycles. The number of carboxylic acid groups (broad SMARTS) is 1. The lowest BCUT2D eigenvalue weighted by molar-refractivity contribution is -0.136. The van der Waals surface area contributed by atoms with E-state index >= 15 is 0 Å². The molecule has 96 valence electrons. The first-order valence-electron chi connectivity index (χ1n) is 5.45. The highest BCUT2D eigenvalue weighted by Gasteiger charge is 2.05. The highest BCUT2D eigenvalue weighted by molar-refractivity contribution is 7.13. The molecule has 0 atom stereocenters. The Morgan fingerprint density at radius 3 is 3.06 bits per heavy atom. The van der Waals surface area contributed by atoms with Gasteiger partial charge in [-0.05, 0) is 6.92 Å². The minimum Gasteiger partial charge on any atom is -0.481 e. The Morgan fingerprint density at radius 1 is 1.56 bits per heavy atom. The molecule has 5 nitrogen and oxygen atoms in total. The summed E-state index contributed by atoms with van der Waals surface area (Å²) in [5.41, 5.74) is 0.820. The summed E-state index contributed by atoms with van der Waals surface area (Å²) in [7, 11) is 0. The number of thiazole rings is 2. The van der Waals surface area contributed by atoms with Crippen LogP contribution in [0.4, 0.5) is 5.13 Å². The van der Waals surface area contributed by atoms with E-state index in [0.29, 0.717) is 13.0 Å². The molecule has 0 aliphatic heterocycles. The average Bonchev–Trinajstić information content (AvgIpc) is 2.93. The Morgan fingerprint density at radius 2 is 2.39 bits per heavy atom. The van der Waals surface area contributed by atoms with Crippen molar-refractivity contribution in [2.45, 2.75) is 26.3 Å². The maximum Gasteiger partial charge on any atom is 0.303 e. The van der Waals surface area contributed by atoms with Gasteiger partial charge in [-0.15, -0.1) is 22.7 Å². The summed E-state index contributed by atoms with van der Waals surface area (Å²) < 4.78 is 0. The van der Waals surface area contributed by atoms with Crippen LogP contribution < -0.4 is 5.32 Å². The van der Waals surface area contributed by atoms with Gasteiger partial charge in [-0.25, -0.2) is 9.97 Å². The smallest absolute Gasteiger partial charge is 0.303 e. The van der Waals surface area contributed by atoms with Crippen molar-refractivity contribution in [3.8, 4) is 0 Å². The van der Waals surface area contributed by atoms with E-state index in [9.17, 15) is 4.79 Å². The van der Waals surface area contributed by atoms with E-state index in [1.165, 1.54) is 16.2 Å². The van der Waals surface area contributed by atoms with Gasteiger partial charge < -0.3 is 10.4 Å². The standard InChI is InChI=1S/C11H13N3O2S2/c1-7-4-12-9(18-7)5-13-11-14-8(6-17-11)2-3-10(15)16/h4,6H,2-3,5H2,1H3,(H,13,14)(H,15,16). The third-order valence-electron chi connectivity index (χ3n) is 2.21. The van der Waals surface area contributed by atoms with E-state index in [1.54, 1.807) is 11.3 Å². The zero-order valence-electron chi connectivity index (χ0n) is 9.84. The second kappa shape index (κ2) is 5.92. The Kier molecular flexibility index (Phi) is 4.27. The van der Waals surface area contributed by atoms with Gasteiger partial charge in [-0.1, -0.05) is 0 Å². The fourth-order valence-electron chi connectivity index (χ4n) is 1.37. The van der Waals surface area contributed by atoms with E-state index in [0.717, 1.165) is 15.8 Å². The van der Waals surface area contributed by atoms with E-state index < -0.39 is 5.97 Å². The number of aromatic nitrogens is 2. The fourth-order valence-corrected chi connectivity index (χ4v) is 2.84. The molecule has 2 N–H and O–H groups in total. The van der Waals surface area contributed by atoms with E-state index in [-0.39, 0.29) is 6.42 Å². The molecule has 2 heterocycles. The van der Waals surface area contributed by atoms with E-state index in [4.69, 9.17) is 5.11 Å². The van der Waals surface area contributed by atoms with Crippen LogP contribution in [0.2, 0.25) is 0 Å². The first kappa shape index (κ1) is 13.0. The van der Waals surface area contributed by atoms with Gasteiger partial charge in [0.2, 0.25) is 0 Å². The summed E-state index contributed by atoms with van der Waals surface area (Å²) in [4.78, 5) is 20.2. The molecular formula is C11H13N3O2S2. The first-order valence-corrected chi connectivity index (χ1v) is 7.14. The van der Waals surface area contributed by atoms with Gasteiger partial charge in [-0.3, -0.25) is 4.79 Å². The number of aryl methyl sites for hydroxylation is 2. The molecule has 7 heteroatoms. The molecule has 0 radical (unpaired) electrons. The third kappa shape index (κ3) is 3.78. The van der Waals surface area contributed by atoms with Gasteiger partial charge in [0.25, 0.3) is 0 Å². The normalized spacial score (nSPS) is 10.5. The summed E-state index contributed by atoms with van der Waals surface area (Å²) in [5.74, 6) is -0.796. The van der Waals surface area contributed by atoms with Crippen LogP contribution in [0.3, 0.4) is 0 Å². The lowest BCUT2D eigenvalue weighted by Gasteiger charge is -1.98. The Labute approximate surface area is 113 Å². The van der Waals surface area contributed by atoms with Crippen molar-refractivity contribution < 1.29 is 9.90 Å². The summed E-state index contributed by atoms with van der Waals surface area (Å²) in [5, 5.41) is 15.5. The predicted octanol–water partition coefficient (Wildman–Crippen LogP) is 2.54. The SMILES string of the molecule is Cc1cnc(CNc2nc(CCC(=O)O)cs2)s1. The molecule has 0 saturated carbocycles.